The first-order valence-corrected chi connectivity index (χ1v) is 5.35. The SMILES string of the molecule is Cc1cc(CNCCNC(C)(C)C)on1. The Balaban J connectivity index is 2.07. The molecule has 2 N–H and O–H groups in total. The summed E-state index contributed by atoms with van der Waals surface area (Å²) >= 11 is 0. The van der Waals surface area contributed by atoms with Gasteiger partial charge in [0.25, 0.3) is 0 Å². The number of hydrogen-bond donors (Lipinski definition) is 2. The minimum Gasteiger partial charge on any atom is -0.360 e. The van der Waals surface area contributed by atoms with E-state index >= 15 is 0 Å². The molecule has 1 aromatic heterocycles. The molecule has 0 aliphatic rings. The van der Waals surface area contributed by atoms with Gasteiger partial charge in [0.2, 0.25) is 0 Å². The number of rotatable bonds is 5. The second kappa shape index (κ2) is 5.28. The summed E-state index contributed by atoms with van der Waals surface area (Å²) in [7, 11) is 0. The number of hydrogen-bond acceptors (Lipinski definition) is 4. The van der Waals surface area contributed by atoms with Crippen molar-refractivity contribution in [2.24, 2.45) is 0 Å². The van der Waals surface area contributed by atoms with Gasteiger partial charge < -0.3 is 15.2 Å². The molecule has 15 heavy (non-hydrogen) atoms. The lowest BCUT2D eigenvalue weighted by atomic mass is 10.1. The quantitative estimate of drug-likeness (QED) is 0.724. The molecule has 0 amide bonds. The Morgan fingerprint density at radius 1 is 1.33 bits per heavy atom. The van der Waals surface area contributed by atoms with Crippen molar-refractivity contribution < 1.29 is 4.52 Å². The van der Waals surface area contributed by atoms with Gasteiger partial charge in [-0.3, -0.25) is 0 Å². The summed E-state index contributed by atoms with van der Waals surface area (Å²) in [5, 5.41) is 10.5. The molecule has 1 rings (SSSR count). The Morgan fingerprint density at radius 2 is 2.07 bits per heavy atom. The smallest absolute Gasteiger partial charge is 0.150 e. The van der Waals surface area contributed by atoms with E-state index in [1.54, 1.807) is 0 Å². The molecular weight excluding hydrogens is 190 g/mol. The van der Waals surface area contributed by atoms with Crippen LogP contribution in [-0.4, -0.2) is 23.8 Å². The van der Waals surface area contributed by atoms with Crippen LogP contribution in [0, 0.1) is 6.92 Å². The first-order chi connectivity index (χ1) is 6.97. The lowest BCUT2D eigenvalue weighted by Gasteiger charge is -2.20. The highest BCUT2D eigenvalue weighted by Gasteiger charge is 2.07. The third kappa shape index (κ3) is 5.54. The molecule has 4 nitrogen and oxygen atoms in total. The molecule has 0 aromatic carbocycles. The fraction of sp³-hybridized carbons (Fsp3) is 0.727. The summed E-state index contributed by atoms with van der Waals surface area (Å²) in [6.07, 6.45) is 0. The molecule has 0 saturated carbocycles. The molecule has 0 unspecified atom stereocenters. The van der Waals surface area contributed by atoms with Crippen LogP contribution in [0.15, 0.2) is 10.6 Å². The van der Waals surface area contributed by atoms with E-state index in [4.69, 9.17) is 4.52 Å². The summed E-state index contributed by atoms with van der Waals surface area (Å²) in [6, 6.07) is 1.95. The third-order valence-corrected chi connectivity index (χ3v) is 1.93. The second-order valence-electron chi connectivity index (χ2n) is 4.79. The van der Waals surface area contributed by atoms with Gasteiger partial charge in [-0.15, -0.1) is 0 Å². The van der Waals surface area contributed by atoms with Crippen molar-refractivity contribution in [1.29, 1.82) is 0 Å². The van der Waals surface area contributed by atoms with Gasteiger partial charge in [0.1, 0.15) is 0 Å². The minimum atomic E-state index is 0.185. The standard InChI is InChI=1S/C11H21N3O/c1-9-7-10(15-14-9)8-12-5-6-13-11(2,3)4/h7,12-13H,5-6,8H2,1-4H3. The zero-order chi connectivity index (χ0) is 11.3. The lowest BCUT2D eigenvalue weighted by molar-refractivity contribution is 0.365. The molecule has 0 fully saturated rings. The average molecular weight is 211 g/mol. The van der Waals surface area contributed by atoms with Gasteiger partial charge in [0.05, 0.1) is 12.2 Å². The van der Waals surface area contributed by atoms with Crippen LogP contribution < -0.4 is 10.6 Å². The first kappa shape index (κ1) is 12.2. The lowest BCUT2D eigenvalue weighted by Crippen LogP contribution is -2.40. The topological polar surface area (TPSA) is 50.1 Å². The fourth-order valence-corrected chi connectivity index (χ4v) is 1.24. The number of aryl methyl sites for hydroxylation is 1. The van der Waals surface area contributed by atoms with E-state index in [1.807, 2.05) is 13.0 Å². The highest BCUT2D eigenvalue weighted by Crippen LogP contribution is 2.00. The molecule has 0 aliphatic carbocycles. The van der Waals surface area contributed by atoms with Gasteiger partial charge in [-0.2, -0.15) is 0 Å². The van der Waals surface area contributed by atoms with Gasteiger partial charge in [0.15, 0.2) is 5.76 Å². The first-order valence-electron chi connectivity index (χ1n) is 5.35. The van der Waals surface area contributed by atoms with Crippen molar-refractivity contribution in [2.75, 3.05) is 13.1 Å². The zero-order valence-corrected chi connectivity index (χ0v) is 10.1. The predicted octanol–water partition coefficient (Wildman–Crippen LogP) is 1.46. The molecule has 4 heteroatoms. The normalized spacial score (nSPS) is 12.0. The number of nitrogens with zero attached hydrogens (tertiary/aromatic N) is 1. The Morgan fingerprint density at radius 3 is 2.60 bits per heavy atom. The van der Waals surface area contributed by atoms with E-state index in [0.29, 0.717) is 0 Å². The zero-order valence-electron chi connectivity index (χ0n) is 10.1. The second-order valence-corrected chi connectivity index (χ2v) is 4.79. The maximum Gasteiger partial charge on any atom is 0.150 e. The van der Waals surface area contributed by atoms with Crippen molar-refractivity contribution in [3.8, 4) is 0 Å². The van der Waals surface area contributed by atoms with Gasteiger partial charge in [-0.05, 0) is 27.7 Å². The van der Waals surface area contributed by atoms with Gasteiger partial charge >= 0.3 is 0 Å². The van der Waals surface area contributed by atoms with Gasteiger partial charge in [-0.1, -0.05) is 5.16 Å². The van der Waals surface area contributed by atoms with Crippen LogP contribution in [0.4, 0.5) is 0 Å². The molecule has 86 valence electrons. The molecule has 1 heterocycles. The Labute approximate surface area is 91.4 Å². The molecule has 0 bridgehead atoms. The van der Waals surface area contributed by atoms with E-state index < -0.39 is 0 Å². The molecule has 1 aromatic rings. The highest BCUT2D eigenvalue weighted by atomic mass is 16.5. The van der Waals surface area contributed by atoms with Crippen molar-refractivity contribution in [2.45, 2.75) is 39.8 Å². The largest absolute Gasteiger partial charge is 0.360 e. The summed E-state index contributed by atoms with van der Waals surface area (Å²) in [4.78, 5) is 0. The van der Waals surface area contributed by atoms with Crippen molar-refractivity contribution in [3.63, 3.8) is 0 Å². The molecule has 0 aliphatic heterocycles. The van der Waals surface area contributed by atoms with E-state index in [1.165, 1.54) is 0 Å². The summed E-state index contributed by atoms with van der Waals surface area (Å²) in [5.41, 5.74) is 1.12. The van der Waals surface area contributed by atoms with Crippen LogP contribution in [-0.2, 0) is 6.54 Å². The Hall–Kier alpha value is -0.870. The van der Waals surface area contributed by atoms with E-state index in [-0.39, 0.29) is 5.54 Å². The monoisotopic (exact) mass is 211 g/mol. The van der Waals surface area contributed by atoms with Crippen LogP contribution in [0.5, 0.6) is 0 Å². The Kier molecular flexibility index (Phi) is 4.29. The van der Waals surface area contributed by atoms with E-state index in [2.05, 4.69) is 36.6 Å². The third-order valence-electron chi connectivity index (χ3n) is 1.93. The van der Waals surface area contributed by atoms with Gasteiger partial charge in [0, 0.05) is 24.7 Å². The summed E-state index contributed by atoms with van der Waals surface area (Å²) in [6.45, 7) is 11.0. The number of aromatic nitrogens is 1. The van der Waals surface area contributed by atoms with Gasteiger partial charge in [-0.25, -0.2) is 0 Å². The van der Waals surface area contributed by atoms with Crippen LogP contribution in [0.1, 0.15) is 32.2 Å². The Bertz CT molecular complexity index is 288. The maximum atomic E-state index is 5.08. The number of nitrogens with one attached hydrogen (secondary N) is 2. The molecule has 0 saturated heterocycles. The van der Waals surface area contributed by atoms with Crippen molar-refractivity contribution in [3.05, 3.63) is 17.5 Å². The maximum absolute atomic E-state index is 5.08. The predicted molar refractivity (Wildman–Crippen MR) is 60.7 cm³/mol. The van der Waals surface area contributed by atoms with Crippen LogP contribution in [0.2, 0.25) is 0 Å². The molecule has 0 spiro atoms. The summed E-state index contributed by atoms with van der Waals surface area (Å²) in [5.74, 6) is 0.892. The summed E-state index contributed by atoms with van der Waals surface area (Å²) < 4.78 is 5.08. The molecular formula is C11H21N3O. The fourth-order valence-electron chi connectivity index (χ4n) is 1.24. The molecule has 0 radical (unpaired) electrons. The van der Waals surface area contributed by atoms with Crippen LogP contribution >= 0.6 is 0 Å². The van der Waals surface area contributed by atoms with Crippen molar-refractivity contribution in [1.82, 2.24) is 15.8 Å². The molecule has 0 atom stereocenters. The highest BCUT2D eigenvalue weighted by molar-refractivity contribution is 5.02. The van der Waals surface area contributed by atoms with Crippen molar-refractivity contribution >= 4 is 0 Å². The van der Waals surface area contributed by atoms with E-state index in [0.717, 1.165) is 31.1 Å². The average Bonchev–Trinajstić information content (AvgIpc) is 2.49. The van der Waals surface area contributed by atoms with Crippen LogP contribution in [0.3, 0.4) is 0 Å². The van der Waals surface area contributed by atoms with E-state index in [9.17, 15) is 0 Å². The van der Waals surface area contributed by atoms with Crippen LogP contribution in [0.25, 0.3) is 0 Å². The minimum absolute atomic E-state index is 0.185.